The Morgan fingerprint density at radius 1 is 0.889 bits per heavy atom. The fraction of sp³-hybridized carbons (Fsp3) is 0.143. The van der Waals surface area contributed by atoms with Gasteiger partial charge in [0.25, 0.3) is 5.91 Å². The van der Waals surface area contributed by atoms with Gasteiger partial charge in [-0.05, 0) is 37.1 Å². The Hall–Kier alpha value is -4.72. The maximum absolute atomic E-state index is 13.8. The average Bonchev–Trinajstić information content (AvgIpc) is 3.37. The molecule has 1 fully saturated rings. The van der Waals surface area contributed by atoms with Crippen molar-refractivity contribution in [2.45, 2.75) is 19.4 Å². The van der Waals surface area contributed by atoms with E-state index in [9.17, 15) is 14.4 Å². The van der Waals surface area contributed by atoms with Crippen molar-refractivity contribution in [2.24, 2.45) is 0 Å². The molecule has 3 aromatic carbocycles. The van der Waals surface area contributed by atoms with Crippen LogP contribution in [0, 0.1) is 13.8 Å². The highest BCUT2D eigenvalue weighted by Crippen LogP contribution is 2.36. The van der Waals surface area contributed by atoms with Crippen LogP contribution in [0.1, 0.15) is 22.4 Å². The number of imide groups is 1. The van der Waals surface area contributed by atoms with Gasteiger partial charge in [-0.15, -0.1) is 0 Å². The average molecular weight is 480 g/mol. The molecular weight excluding hydrogens is 454 g/mol. The van der Waals surface area contributed by atoms with Crippen LogP contribution in [0.25, 0.3) is 5.69 Å². The molecule has 1 aliphatic heterocycles. The summed E-state index contributed by atoms with van der Waals surface area (Å²) < 4.78 is 1.62. The topological polar surface area (TPSA) is 96.3 Å². The summed E-state index contributed by atoms with van der Waals surface area (Å²) in [7, 11) is 0. The van der Waals surface area contributed by atoms with E-state index in [4.69, 9.17) is 0 Å². The van der Waals surface area contributed by atoms with Gasteiger partial charge in [0, 0.05) is 6.07 Å². The van der Waals surface area contributed by atoms with Gasteiger partial charge < -0.3 is 10.6 Å². The van der Waals surface area contributed by atoms with Crippen molar-refractivity contribution in [3.8, 4) is 5.69 Å². The molecule has 0 spiro atoms. The third kappa shape index (κ3) is 4.02. The first-order valence-corrected chi connectivity index (χ1v) is 11.6. The van der Waals surface area contributed by atoms with Crippen molar-refractivity contribution in [1.82, 2.24) is 20.0 Å². The van der Waals surface area contributed by atoms with E-state index in [2.05, 4.69) is 15.7 Å². The van der Waals surface area contributed by atoms with Crippen LogP contribution in [-0.4, -0.2) is 39.1 Å². The number of nitrogens with one attached hydrogen (secondary N) is 2. The van der Waals surface area contributed by atoms with Crippen LogP contribution in [0.15, 0.2) is 91.0 Å². The summed E-state index contributed by atoms with van der Waals surface area (Å²) in [6.07, 6.45) is 0. The first-order chi connectivity index (χ1) is 17.4. The Bertz CT molecular complexity index is 1390. The molecule has 8 nitrogen and oxygen atoms in total. The number of nitrogens with zero attached hydrogens (tertiary/aromatic N) is 3. The molecular formula is C28H25N5O3. The molecule has 1 aliphatic rings. The van der Waals surface area contributed by atoms with E-state index in [0.717, 1.165) is 16.2 Å². The second kappa shape index (κ2) is 9.14. The number of rotatable bonds is 6. The number of carbonyl (C=O) groups excluding carboxylic acids is 3. The van der Waals surface area contributed by atoms with Crippen molar-refractivity contribution in [2.75, 3.05) is 11.9 Å². The first kappa shape index (κ1) is 23.0. The van der Waals surface area contributed by atoms with Crippen molar-refractivity contribution >= 4 is 23.7 Å². The molecule has 4 amide bonds. The van der Waals surface area contributed by atoms with Gasteiger partial charge >= 0.3 is 6.03 Å². The van der Waals surface area contributed by atoms with Gasteiger partial charge in [0.2, 0.25) is 5.91 Å². The predicted octanol–water partition coefficient (Wildman–Crippen LogP) is 3.92. The van der Waals surface area contributed by atoms with Crippen LogP contribution in [0.3, 0.4) is 0 Å². The highest BCUT2D eigenvalue weighted by molar-refractivity contribution is 6.12. The second-order valence-electron chi connectivity index (χ2n) is 8.77. The standard InChI is InChI=1S/C28H25N5O3/c1-19-13-15-23(16-14-19)33-24(17-20(2)31-33)29-25(34)18-32-26(35)28(30-27(32)36,21-9-5-3-6-10-21)22-11-7-4-8-12-22/h3-17H,18H2,1-2H3,(H,29,34)(H,30,36). The van der Waals surface area contributed by atoms with Gasteiger partial charge in [-0.25, -0.2) is 9.48 Å². The molecule has 2 heterocycles. The fourth-order valence-electron chi connectivity index (χ4n) is 4.45. The quantitative estimate of drug-likeness (QED) is 0.410. The van der Waals surface area contributed by atoms with Gasteiger partial charge in [-0.3, -0.25) is 14.5 Å². The third-order valence-electron chi connectivity index (χ3n) is 6.20. The van der Waals surface area contributed by atoms with Gasteiger partial charge in [-0.2, -0.15) is 5.10 Å². The zero-order valence-corrected chi connectivity index (χ0v) is 19.9. The van der Waals surface area contributed by atoms with E-state index in [-0.39, 0.29) is 0 Å². The Labute approximate surface area is 208 Å². The summed E-state index contributed by atoms with van der Waals surface area (Å²) in [4.78, 5) is 40.9. The van der Waals surface area contributed by atoms with Crippen LogP contribution in [-0.2, 0) is 15.1 Å². The summed E-state index contributed by atoms with van der Waals surface area (Å²) in [6.45, 7) is 3.37. The number of aromatic nitrogens is 2. The van der Waals surface area contributed by atoms with E-state index in [1.165, 1.54) is 0 Å². The van der Waals surface area contributed by atoms with Crippen molar-refractivity contribution in [1.29, 1.82) is 0 Å². The number of hydrogen-bond acceptors (Lipinski definition) is 4. The van der Waals surface area contributed by atoms with Gasteiger partial charge in [0.05, 0.1) is 11.4 Å². The molecule has 1 aromatic heterocycles. The molecule has 0 unspecified atom stereocenters. The lowest BCUT2D eigenvalue weighted by molar-refractivity contribution is -0.133. The van der Waals surface area contributed by atoms with Gasteiger partial charge in [-0.1, -0.05) is 78.4 Å². The highest BCUT2D eigenvalue weighted by Gasteiger charge is 2.54. The molecule has 4 aromatic rings. The van der Waals surface area contributed by atoms with Gasteiger partial charge in [0.15, 0.2) is 5.54 Å². The number of aryl methyl sites for hydroxylation is 2. The fourth-order valence-corrected chi connectivity index (χ4v) is 4.45. The zero-order valence-electron chi connectivity index (χ0n) is 19.9. The van der Waals surface area contributed by atoms with Crippen LogP contribution in [0.5, 0.6) is 0 Å². The maximum atomic E-state index is 13.8. The number of carbonyl (C=O) groups is 3. The predicted molar refractivity (Wildman–Crippen MR) is 136 cm³/mol. The number of urea groups is 1. The summed E-state index contributed by atoms with van der Waals surface area (Å²) in [5.41, 5.74) is 2.42. The Morgan fingerprint density at radius 3 is 2.06 bits per heavy atom. The van der Waals surface area contributed by atoms with Crippen molar-refractivity contribution in [3.05, 3.63) is 113 Å². The summed E-state index contributed by atoms with van der Waals surface area (Å²) in [6, 6.07) is 26.9. The van der Waals surface area contributed by atoms with Gasteiger partial charge in [0.1, 0.15) is 12.4 Å². The van der Waals surface area contributed by atoms with E-state index in [0.29, 0.717) is 22.6 Å². The van der Waals surface area contributed by atoms with Crippen LogP contribution < -0.4 is 10.6 Å². The highest BCUT2D eigenvalue weighted by atomic mass is 16.2. The summed E-state index contributed by atoms with van der Waals surface area (Å²) in [5, 5.41) is 10.1. The Morgan fingerprint density at radius 2 is 1.47 bits per heavy atom. The largest absolute Gasteiger partial charge is 0.326 e. The minimum Gasteiger partial charge on any atom is -0.315 e. The van der Waals surface area contributed by atoms with Crippen LogP contribution in [0.2, 0.25) is 0 Å². The Balaban J connectivity index is 1.42. The van der Waals surface area contributed by atoms with Crippen LogP contribution in [0.4, 0.5) is 10.6 Å². The number of hydrogen-bond donors (Lipinski definition) is 2. The lowest BCUT2D eigenvalue weighted by Crippen LogP contribution is -2.45. The minimum atomic E-state index is -1.42. The normalized spacial score (nSPS) is 14.6. The van der Waals surface area contributed by atoms with E-state index >= 15 is 0 Å². The Kier molecular flexibility index (Phi) is 5.85. The van der Waals surface area contributed by atoms with Crippen molar-refractivity contribution < 1.29 is 14.4 Å². The lowest BCUT2D eigenvalue weighted by atomic mass is 9.82. The smallest absolute Gasteiger partial charge is 0.315 e. The van der Waals surface area contributed by atoms with E-state index < -0.39 is 29.9 Å². The van der Waals surface area contributed by atoms with E-state index in [1.54, 1.807) is 35.0 Å². The number of amides is 4. The molecule has 0 atom stereocenters. The number of anilines is 1. The van der Waals surface area contributed by atoms with E-state index in [1.807, 2.05) is 74.5 Å². The maximum Gasteiger partial charge on any atom is 0.326 e. The molecule has 180 valence electrons. The molecule has 0 saturated carbocycles. The molecule has 8 heteroatoms. The van der Waals surface area contributed by atoms with Crippen molar-refractivity contribution in [3.63, 3.8) is 0 Å². The lowest BCUT2D eigenvalue weighted by Gasteiger charge is -2.28. The monoisotopic (exact) mass is 479 g/mol. The molecule has 5 rings (SSSR count). The molecule has 0 bridgehead atoms. The number of benzene rings is 3. The summed E-state index contributed by atoms with van der Waals surface area (Å²) >= 11 is 0. The van der Waals surface area contributed by atoms with Crippen LogP contribution >= 0.6 is 0 Å². The second-order valence-corrected chi connectivity index (χ2v) is 8.77. The molecule has 2 N–H and O–H groups in total. The first-order valence-electron chi connectivity index (χ1n) is 11.6. The molecule has 0 aliphatic carbocycles. The minimum absolute atomic E-state index is 0.440. The third-order valence-corrected chi connectivity index (χ3v) is 6.20. The molecule has 0 radical (unpaired) electrons. The zero-order chi connectivity index (χ0) is 25.3. The molecule has 1 saturated heterocycles. The molecule has 36 heavy (non-hydrogen) atoms. The summed E-state index contributed by atoms with van der Waals surface area (Å²) in [5.74, 6) is -0.572. The SMILES string of the molecule is Cc1ccc(-n2nc(C)cc2NC(=O)CN2C(=O)NC(c3ccccc3)(c3ccccc3)C2=O)cc1.